The second-order valence-corrected chi connectivity index (χ2v) is 21.6. The summed E-state index contributed by atoms with van der Waals surface area (Å²) in [7, 11) is 0. The van der Waals surface area contributed by atoms with Crippen molar-refractivity contribution in [1.82, 2.24) is 0 Å². The molecule has 0 fully saturated rings. The van der Waals surface area contributed by atoms with Crippen molar-refractivity contribution in [3.63, 3.8) is 0 Å². The number of nitrogens with zero attached hydrogens (tertiary/aromatic N) is 2. The van der Waals surface area contributed by atoms with Crippen molar-refractivity contribution in [1.29, 1.82) is 0 Å². The van der Waals surface area contributed by atoms with Crippen LogP contribution >= 0.6 is 0 Å². The van der Waals surface area contributed by atoms with Gasteiger partial charge in [0.05, 0.1) is 11.4 Å². The van der Waals surface area contributed by atoms with E-state index < -0.39 is 0 Å². The summed E-state index contributed by atoms with van der Waals surface area (Å²) in [5, 5.41) is 11.7. The maximum atomic E-state index is 6.78. The molecule has 0 unspecified atom stereocenters. The summed E-state index contributed by atoms with van der Waals surface area (Å²) >= 11 is 0. The van der Waals surface area contributed by atoms with Crippen LogP contribution in [-0.2, 0) is 5.41 Å². The first-order chi connectivity index (χ1) is 38.9. The summed E-state index contributed by atoms with van der Waals surface area (Å²) in [6.45, 7) is 4.84. The monoisotopic (exact) mass is 1010 g/mol. The number of hydrogen-bond donors (Lipinski definition) is 0. The van der Waals surface area contributed by atoms with E-state index in [1.54, 1.807) is 0 Å². The lowest BCUT2D eigenvalue weighted by Gasteiger charge is -2.28. The normalized spacial score (nSPS) is 12.8. The van der Waals surface area contributed by atoms with Crippen LogP contribution in [0.25, 0.3) is 110 Å². The summed E-state index contributed by atoms with van der Waals surface area (Å²) in [6, 6.07) is 96.7. The van der Waals surface area contributed by atoms with Crippen molar-refractivity contribution in [2.45, 2.75) is 19.3 Å². The van der Waals surface area contributed by atoms with E-state index in [-0.39, 0.29) is 5.41 Å². The molecule has 1 aliphatic carbocycles. The van der Waals surface area contributed by atoms with Crippen LogP contribution in [0.3, 0.4) is 0 Å². The zero-order chi connectivity index (χ0) is 52.3. The molecule has 0 radical (unpaired) electrons. The zero-order valence-electron chi connectivity index (χ0n) is 43.6. The second kappa shape index (κ2) is 17.4. The molecule has 0 aliphatic heterocycles. The molecule has 15 aromatic rings. The highest BCUT2D eigenvalue weighted by Gasteiger charge is 2.39. The van der Waals surface area contributed by atoms with Gasteiger partial charge in [-0.25, -0.2) is 0 Å². The minimum Gasteiger partial charge on any atom is -0.454 e. The standard InChI is InChI=1S/C75H50N2O2/c1-75(2)66-45-52-43-55(76(53-36-31-49(32-37-53)47-17-5-3-6-18-47)67-27-15-25-62-58-22-11-13-29-69(58)78-73(62)67)40-35-51(52)44-65(66)71-60-24-10-9-21-57(60)64-46-56(41-42-61(64)72(71)75)77(54-38-33-50(34-39-54)48-19-7-4-8-20-48)68-28-16-26-63-59-23-12-14-30-70(59)79-74(63)68/h3-46H,1-2H3. The molecule has 4 nitrogen and oxygen atoms in total. The number of furan rings is 2. The highest BCUT2D eigenvalue weighted by molar-refractivity contribution is 6.20. The summed E-state index contributed by atoms with van der Waals surface area (Å²) in [5.41, 5.74) is 19.3. The van der Waals surface area contributed by atoms with Gasteiger partial charge in [0.25, 0.3) is 0 Å². The molecule has 2 aromatic heterocycles. The maximum Gasteiger partial charge on any atom is 0.159 e. The van der Waals surface area contributed by atoms with Gasteiger partial charge in [0.2, 0.25) is 0 Å². The fourth-order valence-corrected chi connectivity index (χ4v) is 13.1. The minimum absolute atomic E-state index is 0.335. The maximum absolute atomic E-state index is 6.78. The van der Waals surface area contributed by atoms with E-state index in [2.05, 4.69) is 278 Å². The Morgan fingerprint density at radius 3 is 1.33 bits per heavy atom. The van der Waals surface area contributed by atoms with Crippen molar-refractivity contribution in [3.8, 4) is 33.4 Å². The fourth-order valence-electron chi connectivity index (χ4n) is 13.1. The van der Waals surface area contributed by atoms with Crippen LogP contribution in [0.1, 0.15) is 25.0 Å². The molecule has 13 aromatic carbocycles. The SMILES string of the molecule is CC1(C)c2cc3cc(N(c4ccc(-c5ccccc5)cc4)c4cccc5c4oc4ccccc45)ccc3cc2-c2c1c1ccc(N(c3ccc(-c4ccccc4)cc3)c3cccc4c3oc3ccccc34)cc1c1ccccc21. The molecule has 2 heterocycles. The summed E-state index contributed by atoms with van der Waals surface area (Å²) in [6.07, 6.45) is 0. The molecule has 4 heteroatoms. The van der Waals surface area contributed by atoms with Crippen molar-refractivity contribution in [2.75, 3.05) is 9.80 Å². The van der Waals surface area contributed by atoms with E-state index >= 15 is 0 Å². The van der Waals surface area contributed by atoms with Crippen LogP contribution in [0, 0.1) is 0 Å². The van der Waals surface area contributed by atoms with Crippen LogP contribution in [0.4, 0.5) is 34.1 Å². The van der Waals surface area contributed by atoms with Crippen molar-refractivity contribution < 1.29 is 8.83 Å². The topological polar surface area (TPSA) is 32.8 Å². The first kappa shape index (κ1) is 45.1. The average molecular weight is 1010 g/mol. The van der Waals surface area contributed by atoms with Gasteiger partial charge >= 0.3 is 0 Å². The van der Waals surface area contributed by atoms with Gasteiger partial charge in [-0.3, -0.25) is 0 Å². The Labute approximate surface area is 457 Å². The van der Waals surface area contributed by atoms with Gasteiger partial charge in [-0.1, -0.05) is 196 Å². The van der Waals surface area contributed by atoms with E-state index in [1.807, 2.05) is 12.1 Å². The number of hydrogen-bond acceptors (Lipinski definition) is 4. The smallest absolute Gasteiger partial charge is 0.159 e. The number of rotatable bonds is 8. The lowest BCUT2D eigenvalue weighted by molar-refractivity contribution is 0.667. The van der Waals surface area contributed by atoms with Crippen molar-refractivity contribution in [2.24, 2.45) is 0 Å². The van der Waals surface area contributed by atoms with Crippen molar-refractivity contribution >= 4 is 110 Å². The number of fused-ring (bicyclic) bond motifs is 15. The molecule has 0 amide bonds. The molecule has 0 saturated carbocycles. The molecule has 16 rings (SSSR count). The highest BCUT2D eigenvalue weighted by atomic mass is 16.3. The van der Waals surface area contributed by atoms with E-state index in [9.17, 15) is 0 Å². The third kappa shape index (κ3) is 7.01. The Morgan fingerprint density at radius 1 is 0.304 bits per heavy atom. The summed E-state index contributed by atoms with van der Waals surface area (Å²) in [4.78, 5) is 4.74. The largest absolute Gasteiger partial charge is 0.454 e. The van der Waals surface area contributed by atoms with Gasteiger partial charge in [0, 0.05) is 49.7 Å². The van der Waals surface area contributed by atoms with E-state index in [1.165, 1.54) is 76.8 Å². The summed E-state index contributed by atoms with van der Waals surface area (Å²) in [5.74, 6) is 0. The van der Waals surface area contributed by atoms with Crippen LogP contribution in [0.2, 0.25) is 0 Å². The third-order valence-electron chi connectivity index (χ3n) is 16.8. The Balaban J connectivity index is 0.857. The highest BCUT2D eigenvalue weighted by Crippen LogP contribution is 2.57. The number of benzene rings is 13. The molecule has 0 spiro atoms. The van der Waals surface area contributed by atoms with Gasteiger partial charge in [-0.15, -0.1) is 0 Å². The Kier molecular flexibility index (Phi) is 9.95. The molecule has 79 heavy (non-hydrogen) atoms. The molecular formula is C75H50N2O2. The Hall–Kier alpha value is -10.2. The van der Waals surface area contributed by atoms with E-state index in [0.717, 1.165) is 78.0 Å². The quantitative estimate of drug-likeness (QED) is 0.142. The minimum atomic E-state index is -0.335. The Morgan fingerprint density at radius 2 is 0.759 bits per heavy atom. The first-order valence-corrected chi connectivity index (χ1v) is 27.2. The lowest BCUT2D eigenvalue weighted by Crippen LogP contribution is -2.16. The predicted octanol–water partition coefficient (Wildman–Crippen LogP) is 21.5. The van der Waals surface area contributed by atoms with E-state index in [4.69, 9.17) is 8.83 Å². The van der Waals surface area contributed by atoms with Gasteiger partial charge < -0.3 is 18.6 Å². The van der Waals surface area contributed by atoms with Gasteiger partial charge in [-0.05, 0) is 162 Å². The number of anilines is 6. The molecule has 0 atom stereocenters. The summed E-state index contributed by atoms with van der Waals surface area (Å²) < 4.78 is 13.5. The molecule has 0 N–H and O–H groups in total. The van der Waals surface area contributed by atoms with Gasteiger partial charge in [0.15, 0.2) is 11.2 Å². The molecule has 0 bridgehead atoms. The Bertz CT molecular complexity index is 4920. The predicted molar refractivity (Wildman–Crippen MR) is 331 cm³/mol. The molecule has 372 valence electrons. The third-order valence-corrected chi connectivity index (χ3v) is 16.8. The van der Waals surface area contributed by atoms with Crippen LogP contribution in [0.15, 0.2) is 276 Å². The average Bonchev–Trinajstić information content (AvgIpc) is 4.29. The van der Waals surface area contributed by atoms with Crippen LogP contribution < -0.4 is 9.80 Å². The number of para-hydroxylation sites is 4. The molecule has 0 saturated heterocycles. The molecular weight excluding hydrogens is 961 g/mol. The van der Waals surface area contributed by atoms with Crippen molar-refractivity contribution in [3.05, 3.63) is 278 Å². The van der Waals surface area contributed by atoms with Crippen LogP contribution in [-0.4, -0.2) is 0 Å². The second-order valence-electron chi connectivity index (χ2n) is 21.6. The van der Waals surface area contributed by atoms with Gasteiger partial charge in [-0.2, -0.15) is 0 Å². The fraction of sp³-hybridized carbons (Fsp3) is 0.0400. The van der Waals surface area contributed by atoms with Gasteiger partial charge in [0.1, 0.15) is 11.2 Å². The van der Waals surface area contributed by atoms with Crippen LogP contribution in [0.5, 0.6) is 0 Å². The zero-order valence-corrected chi connectivity index (χ0v) is 43.6. The molecule has 1 aliphatic rings. The lowest BCUT2D eigenvalue weighted by atomic mass is 9.79. The van der Waals surface area contributed by atoms with E-state index in [0.29, 0.717) is 0 Å². The first-order valence-electron chi connectivity index (χ1n) is 27.2.